The third-order valence-electron chi connectivity index (χ3n) is 3.47. The Morgan fingerprint density at radius 3 is 2.55 bits per heavy atom. The largest absolute Gasteiger partial charge is 0.417 e. The molecule has 0 amide bonds. The SMILES string of the molecule is CC1(C)OCC(CCO[Si](C)(C)Cc2ccccc2)O1. The monoisotopic (exact) mass is 294 g/mol. The Bertz CT molecular complexity index is 417. The van der Waals surface area contributed by atoms with Crippen molar-refractivity contribution in [1.82, 2.24) is 0 Å². The van der Waals surface area contributed by atoms with E-state index in [1.807, 2.05) is 13.8 Å². The van der Waals surface area contributed by atoms with Gasteiger partial charge in [-0.15, -0.1) is 0 Å². The van der Waals surface area contributed by atoms with E-state index in [4.69, 9.17) is 13.9 Å². The van der Waals surface area contributed by atoms with E-state index in [9.17, 15) is 0 Å². The van der Waals surface area contributed by atoms with Crippen molar-refractivity contribution in [2.24, 2.45) is 0 Å². The summed E-state index contributed by atoms with van der Waals surface area (Å²) in [6, 6.07) is 11.6. The van der Waals surface area contributed by atoms with Gasteiger partial charge >= 0.3 is 0 Å². The number of hydrogen-bond acceptors (Lipinski definition) is 3. The predicted molar refractivity (Wildman–Crippen MR) is 83.1 cm³/mol. The quantitative estimate of drug-likeness (QED) is 0.751. The van der Waals surface area contributed by atoms with Crippen LogP contribution in [0.15, 0.2) is 30.3 Å². The molecule has 1 fully saturated rings. The van der Waals surface area contributed by atoms with Crippen LogP contribution in [0.1, 0.15) is 25.8 Å². The second-order valence-corrected chi connectivity index (χ2v) is 10.7. The van der Waals surface area contributed by atoms with Crippen LogP contribution < -0.4 is 0 Å². The molecule has 1 aromatic rings. The van der Waals surface area contributed by atoms with Gasteiger partial charge in [-0.1, -0.05) is 30.3 Å². The minimum Gasteiger partial charge on any atom is -0.417 e. The highest BCUT2D eigenvalue weighted by Gasteiger charge is 2.32. The first-order chi connectivity index (χ1) is 9.36. The summed E-state index contributed by atoms with van der Waals surface area (Å²) in [5.41, 5.74) is 1.37. The summed E-state index contributed by atoms with van der Waals surface area (Å²) >= 11 is 0. The van der Waals surface area contributed by atoms with Gasteiger partial charge in [-0.25, -0.2) is 0 Å². The molecule has 0 N–H and O–H groups in total. The van der Waals surface area contributed by atoms with Gasteiger partial charge in [0.15, 0.2) is 14.1 Å². The molecule has 0 aromatic heterocycles. The molecule has 1 aliphatic rings. The maximum absolute atomic E-state index is 6.17. The molecule has 2 rings (SSSR count). The molecule has 0 radical (unpaired) electrons. The fraction of sp³-hybridized carbons (Fsp3) is 0.625. The highest BCUT2D eigenvalue weighted by Crippen LogP contribution is 2.24. The summed E-state index contributed by atoms with van der Waals surface area (Å²) in [5.74, 6) is -0.429. The van der Waals surface area contributed by atoms with E-state index in [0.717, 1.165) is 19.1 Å². The van der Waals surface area contributed by atoms with Gasteiger partial charge in [0.25, 0.3) is 0 Å². The van der Waals surface area contributed by atoms with E-state index >= 15 is 0 Å². The second-order valence-electron chi connectivity index (χ2n) is 6.51. The van der Waals surface area contributed by atoms with Crippen LogP contribution >= 0.6 is 0 Å². The second kappa shape index (κ2) is 6.39. The fourth-order valence-electron chi connectivity index (χ4n) is 2.51. The van der Waals surface area contributed by atoms with Gasteiger partial charge in [0, 0.05) is 6.61 Å². The highest BCUT2D eigenvalue weighted by atomic mass is 28.4. The Balaban J connectivity index is 1.73. The van der Waals surface area contributed by atoms with Crippen LogP contribution in [-0.2, 0) is 19.9 Å². The van der Waals surface area contributed by atoms with Crippen molar-refractivity contribution in [3.05, 3.63) is 35.9 Å². The maximum Gasteiger partial charge on any atom is 0.191 e. The highest BCUT2D eigenvalue weighted by molar-refractivity contribution is 6.70. The zero-order valence-electron chi connectivity index (χ0n) is 13.0. The lowest BCUT2D eigenvalue weighted by Gasteiger charge is -2.24. The van der Waals surface area contributed by atoms with Crippen molar-refractivity contribution in [3.63, 3.8) is 0 Å². The van der Waals surface area contributed by atoms with Crippen LogP contribution in [0.5, 0.6) is 0 Å². The first kappa shape index (κ1) is 15.7. The topological polar surface area (TPSA) is 27.7 Å². The summed E-state index contributed by atoms with van der Waals surface area (Å²) in [4.78, 5) is 0. The molecule has 1 heterocycles. The molecular formula is C16H26O3Si. The van der Waals surface area contributed by atoms with Gasteiger partial charge < -0.3 is 13.9 Å². The molecule has 0 bridgehead atoms. The number of ether oxygens (including phenoxy) is 2. The molecule has 20 heavy (non-hydrogen) atoms. The van der Waals surface area contributed by atoms with Crippen LogP contribution in [0.2, 0.25) is 13.1 Å². The van der Waals surface area contributed by atoms with Gasteiger partial charge in [-0.2, -0.15) is 0 Å². The molecule has 1 atom stereocenters. The van der Waals surface area contributed by atoms with Gasteiger partial charge in [0.05, 0.1) is 12.7 Å². The van der Waals surface area contributed by atoms with E-state index in [1.54, 1.807) is 0 Å². The minimum atomic E-state index is -1.65. The van der Waals surface area contributed by atoms with E-state index < -0.39 is 14.1 Å². The Kier molecular flexibility index (Phi) is 5.02. The molecule has 112 valence electrons. The van der Waals surface area contributed by atoms with Crippen LogP contribution in [-0.4, -0.2) is 33.4 Å². The van der Waals surface area contributed by atoms with Crippen LogP contribution in [0.3, 0.4) is 0 Å². The summed E-state index contributed by atoms with van der Waals surface area (Å²) in [5, 5.41) is 0. The third kappa shape index (κ3) is 5.02. The summed E-state index contributed by atoms with van der Waals surface area (Å²) in [6.07, 6.45) is 1.08. The van der Waals surface area contributed by atoms with Gasteiger partial charge in [-0.3, -0.25) is 0 Å². The van der Waals surface area contributed by atoms with E-state index in [1.165, 1.54) is 5.56 Å². The molecule has 0 saturated carbocycles. The Morgan fingerprint density at radius 2 is 1.95 bits per heavy atom. The van der Waals surface area contributed by atoms with E-state index in [-0.39, 0.29) is 6.10 Å². The fourth-order valence-corrected chi connectivity index (χ4v) is 4.50. The molecule has 0 aliphatic carbocycles. The molecular weight excluding hydrogens is 268 g/mol. The molecule has 4 heteroatoms. The van der Waals surface area contributed by atoms with Gasteiger partial charge in [0.1, 0.15) is 0 Å². The van der Waals surface area contributed by atoms with Crippen molar-refractivity contribution < 1.29 is 13.9 Å². The van der Waals surface area contributed by atoms with Crippen LogP contribution in [0.4, 0.5) is 0 Å². The van der Waals surface area contributed by atoms with Crippen molar-refractivity contribution >= 4 is 8.32 Å². The zero-order valence-corrected chi connectivity index (χ0v) is 14.0. The van der Waals surface area contributed by atoms with E-state index in [0.29, 0.717) is 6.61 Å². The first-order valence-electron chi connectivity index (χ1n) is 7.36. The molecule has 0 spiro atoms. The molecule has 1 saturated heterocycles. The third-order valence-corrected chi connectivity index (χ3v) is 5.72. The Hall–Kier alpha value is -0.683. The van der Waals surface area contributed by atoms with Crippen molar-refractivity contribution in [3.8, 4) is 0 Å². The van der Waals surface area contributed by atoms with Crippen molar-refractivity contribution in [2.45, 2.75) is 51.3 Å². The maximum atomic E-state index is 6.17. The normalized spacial score (nSPS) is 22.1. The number of hydrogen-bond donors (Lipinski definition) is 0. The minimum absolute atomic E-state index is 0.173. The van der Waals surface area contributed by atoms with Crippen molar-refractivity contribution in [2.75, 3.05) is 13.2 Å². The lowest BCUT2D eigenvalue weighted by molar-refractivity contribution is -0.139. The van der Waals surface area contributed by atoms with Gasteiger partial charge in [-0.05, 0) is 45.0 Å². The van der Waals surface area contributed by atoms with Crippen molar-refractivity contribution in [1.29, 1.82) is 0 Å². The lowest BCUT2D eigenvalue weighted by atomic mass is 10.2. The predicted octanol–water partition coefficient (Wildman–Crippen LogP) is 3.53. The molecule has 1 aromatic carbocycles. The molecule has 1 unspecified atom stereocenters. The Morgan fingerprint density at radius 1 is 1.25 bits per heavy atom. The average Bonchev–Trinajstić information content (AvgIpc) is 2.69. The van der Waals surface area contributed by atoms with E-state index in [2.05, 4.69) is 43.4 Å². The average molecular weight is 294 g/mol. The van der Waals surface area contributed by atoms with Crippen LogP contribution in [0.25, 0.3) is 0 Å². The molecule has 1 aliphatic heterocycles. The summed E-state index contributed by atoms with van der Waals surface area (Å²) in [6.45, 7) is 9.91. The smallest absolute Gasteiger partial charge is 0.191 e. The first-order valence-corrected chi connectivity index (χ1v) is 10.5. The van der Waals surface area contributed by atoms with Crippen LogP contribution in [0, 0.1) is 0 Å². The summed E-state index contributed by atoms with van der Waals surface area (Å²) in [7, 11) is -1.65. The summed E-state index contributed by atoms with van der Waals surface area (Å²) < 4.78 is 17.5. The van der Waals surface area contributed by atoms with Gasteiger partial charge in [0.2, 0.25) is 0 Å². The Labute approximate surface area is 123 Å². The zero-order chi connectivity index (χ0) is 14.6. The lowest BCUT2D eigenvalue weighted by Crippen LogP contribution is -2.35. The number of rotatable bonds is 6. The number of benzene rings is 1. The standard InChI is InChI=1S/C16H26O3Si/c1-16(2)17-12-15(19-16)10-11-18-20(3,4)13-14-8-6-5-7-9-14/h5-9,15H,10-13H2,1-4H3. The molecule has 3 nitrogen and oxygen atoms in total.